The highest BCUT2D eigenvalue weighted by Crippen LogP contribution is 2.15. The molecule has 0 spiro atoms. The highest BCUT2D eigenvalue weighted by Gasteiger charge is 2.26. The minimum absolute atomic E-state index is 0.0757. The molecule has 2 amide bonds. The predicted octanol–water partition coefficient (Wildman–Crippen LogP) is 1.37. The monoisotopic (exact) mass is 439 g/mol. The zero-order valence-corrected chi connectivity index (χ0v) is 18.8. The van der Waals surface area contributed by atoms with Gasteiger partial charge in [0.15, 0.2) is 0 Å². The molecule has 2 aliphatic rings. The second kappa shape index (κ2) is 9.81. The molecule has 2 aliphatic heterocycles. The molecule has 1 aromatic carbocycles. The number of carbonyl (C=O) groups is 1. The lowest BCUT2D eigenvalue weighted by atomic mass is 10.1. The lowest BCUT2D eigenvalue weighted by Crippen LogP contribution is -2.57. The summed E-state index contributed by atoms with van der Waals surface area (Å²) in [5.41, 5.74) is 7.50. The van der Waals surface area contributed by atoms with E-state index in [0.717, 1.165) is 44.7 Å². The summed E-state index contributed by atoms with van der Waals surface area (Å²) in [5, 5.41) is 6.11. The van der Waals surface area contributed by atoms with Crippen molar-refractivity contribution in [1.29, 1.82) is 0 Å². The van der Waals surface area contributed by atoms with Gasteiger partial charge in [0.05, 0.1) is 5.69 Å². The van der Waals surface area contributed by atoms with Gasteiger partial charge in [-0.15, -0.1) is 0 Å². The van der Waals surface area contributed by atoms with E-state index in [2.05, 4.69) is 20.5 Å². The number of hydrogen-bond donors (Lipinski definition) is 3. The summed E-state index contributed by atoms with van der Waals surface area (Å²) in [4.78, 5) is 33.5. The van der Waals surface area contributed by atoms with Crippen LogP contribution in [0.15, 0.2) is 41.3 Å². The summed E-state index contributed by atoms with van der Waals surface area (Å²) < 4.78 is 1.48. The number of piperazine rings is 1. The van der Waals surface area contributed by atoms with Gasteiger partial charge in [0.1, 0.15) is 5.82 Å². The number of nitrogens with zero attached hydrogens (tertiary/aromatic N) is 4. The Bertz CT molecular complexity index is 983. The van der Waals surface area contributed by atoms with Gasteiger partial charge < -0.3 is 16.0 Å². The molecule has 2 aromatic rings. The minimum Gasteiger partial charge on any atom is -0.328 e. The zero-order chi connectivity index (χ0) is 22.7. The minimum atomic E-state index is -0.428. The van der Waals surface area contributed by atoms with E-state index in [0.29, 0.717) is 12.6 Å². The van der Waals surface area contributed by atoms with Crippen LogP contribution in [-0.4, -0.2) is 69.7 Å². The average molecular weight is 440 g/mol. The van der Waals surface area contributed by atoms with Crippen molar-refractivity contribution >= 4 is 11.8 Å². The van der Waals surface area contributed by atoms with E-state index in [-0.39, 0.29) is 23.9 Å². The molecular formula is C23H33N7O2. The molecule has 2 atom stereocenters. The molecule has 1 aromatic heterocycles. The number of hydrogen-bond acceptors (Lipinski definition) is 6. The van der Waals surface area contributed by atoms with E-state index in [4.69, 9.17) is 5.73 Å². The fraction of sp³-hybridized carbons (Fsp3) is 0.522. The summed E-state index contributed by atoms with van der Waals surface area (Å²) in [6, 6.07) is 9.98. The van der Waals surface area contributed by atoms with Crippen molar-refractivity contribution in [2.24, 2.45) is 5.73 Å². The second-order valence-corrected chi connectivity index (χ2v) is 8.99. The third-order valence-corrected chi connectivity index (χ3v) is 6.32. The second-order valence-electron chi connectivity index (χ2n) is 8.99. The smallest absolute Gasteiger partial charge is 0.328 e. The van der Waals surface area contributed by atoms with Crippen molar-refractivity contribution in [2.45, 2.75) is 51.4 Å². The van der Waals surface area contributed by atoms with Gasteiger partial charge in [-0.05, 0) is 63.5 Å². The molecule has 0 radical (unpaired) electrons. The molecule has 9 nitrogen and oxygen atoms in total. The zero-order valence-electron chi connectivity index (χ0n) is 18.8. The molecule has 4 rings (SSSR count). The van der Waals surface area contributed by atoms with E-state index in [9.17, 15) is 9.59 Å². The Balaban J connectivity index is 1.39. The van der Waals surface area contributed by atoms with E-state index >= 15 is 0 Å². The van der Waals surface area contributed by atoms with Crippen LogP contribution in [0, 0.1) is 0 Å². The van der Waals surface area contributed by atoms with Gasteiger partial charge in [0.2, 0.25) is 0 Å². The number of benzene rings is 1. The SMILES string of the molecule is C[C@@H]1CN(C(=O)Nc2ccn(-c3ccc(CN4CCC(N)CC4)cc3)c(=O)n2)[C@H](C)CN1. The van der Waals surface area contributed by atoms with Crippen molar-refractivity contribution < 1.29 is 4.79 Å². The molecule has 3 heterocycles. The van der Waals surface area contributed by atoms with Crippen LogP contribution in [0.5, 0.6) is 0 Å². The van der Waals surface area contributed by atoms with Crippen LogP contribution in [-0.2, 0) is 6.54 Å². The Morgan fingerprint density at radius 1 is 1.19 bits per heavy atom. The molecule has 0 unspecified atom stereocenters. The number of carbonyl (C=O) groups excluding carboxylic acids is 1. The lowest BCUT2D eigenvalue weighted by Gasteiger charge is -2.37. The van der Waals surface area contributed by atoms with E-state index in [1.165, 1.54) is 10.1 Å². The van der Waals surface area contributed by atoms with E-state index in [1.54, 1.807) is 17.2 Å². The summed E-state index contributed by atoms with van der Waals surface area (Å²) in [6.45, 7) is 8.31. The van der Waals surface area contributed by atoms with Crippen molar-refractivity contribution in [2.75, 3.05) is 31.5 Å². The first-order valence-electron chi connectivity index (χ1n) is 11.4. The highest BCUT2D eigenvalue weighted by atomic mass is 16.2. The first-order valence-corrected chi connectivity index (χ1v) is 11.4. The quantitative estimate of drug-likeness (QED) is 0.664. The number of piperidine rings is 1. The lowest BCUT2D eigenvalue weighted by molar-refractivity contribution is 0.161. The maximum atomic E-state index is 12.6. The number of rotatable bonds is 4. The van der Waals surface area contributed by atoms with Gasteiger partial charge in [0.25, 0.3) is 0 Å². The van der Waals surface area contributed by atoms with Crippen LogP contribution in [0.3, 0.4) is 0 Å². The number of nitrogens with two attached hydrogens (primary N) is 1. The molecule has 2 fully saturated rings. The third kappa shape index (κ3) is 5.35. The number of amides is 2. The van der Waals surface area contributed by atoms with Gasteiger partial charge in [0, 0.05) is 44.0 Å². The van der Waals surface area contributed by atoms with E-state index in [1.807, 2.05) is 38.1 Å². The molecule has 4 N–H and O–H groups in total. The van der Waals surface area contributed by atoms with Crippen molar-refractivity contribution in [1.82, 2.24) is 24.7 Å². The maximum Gasteiger partial charge on any atom is 0.354 e. The van der Waals surface area contributed by atoms with Gasteiger partial charge in [-0.3, -0.25) is 14.8 Å². The summed E-state index contributed by atoms with van der Waals surface area (Å²) in [6.07, 6.45) is 3.72. The third-order valence-electron chi connectivity index (χ3n) is 6.32. The Morgan fingerprint density at radius 3 is 2.59 bits per heavy atom. The van der Waals surface area contributed by atoms with Crippen LogP contribution in [0.2, 0.25) is 0 Å². The Labute approximate surface area is 188 Å². The highest BCUT2D eigenvalue weighted by molar-refractivity contribution is 5.88. The normalized spacial score (nSPS) is 22.7. The first-order chi connectivity index (χ1) is 15.4. The summed E-state index contributed by atoms with van der Waals surface area (Å²) in [5.74, 6) is 0.259. The van der Waals surface area contributed by atoms with E-state index < -0.39 is 5.69 Å². The first kappa shape index (κ1) is 22.4. The standard InChI is InChI=1S/C23H33N7O2/c1-16-14-30(17(2)13-25-16)23(32)27-21-9-12-29(22(31)26-21)20-5-3-18(4-6-20)15-28-10-7-19(24)8-11-28/h3-6,9,12,16-17,19,25H,7-8,10-11,13-15,24H2,1-2H3,(H,26,27,31,32)/t16-,17-/m1/s1. The van der Waals surface area contributed by atoms with Crippen LogP contribution >= 0.6 is 0 Å². The molecule has 9 heteroatoms. The maximum absolute atomic E-state index is 12.6. The fourth-order valence-electron chi connectivity index (χ4n) is 4.29. The topological polar surface area (TPSA) is 109 Å². The van der Waals surface area contributed by atoms with Gasteiger partial charge >= 0.3 is 11.7 Å². The number of likely N-dealkylation sites (tertiary alicyclic amines) is 1. The average Bonchev–Trinajstić information content (AvgIpc) is 2.78. The van der Waals surface area contributed by atoms with Crippen LogP contribution < -0.4 is 22.1 Å². The number of nitrogens with one attached hydrogen (secondary N) is 2. The fourth-order valence-corrected chi connectivity index (χ4v) is 4.29. The van der Waals surface area contributed by atoms with Gasteiger partial charge in [-0.2, -0.15) is 4.98 Å². The van der Waals surface area contributed by atoms with Crippen molar-refractivity contribution in [3.05, 3.63) is 52.6 Å². The van der Waals surface area contributed by atoms with Crippen molar-refractivity contribution in [3.8, 4) is 5.69 Å². The van der Waals surface area contributed by atoms with Crippen molar-refractivity contribution in [3.63, 3.8) is 0 Å². The molecular weight excluding hydrogens is 406 g/mol. The van der Waals surface area contributed by atoms with Gasteiger partial charge in [-0.25, -0.2) is 9.59 Å². The Morgan fingerprint density at radius 2 is 1.91 bits per heavy atom. The Hall–Kier alpha value is -2.75. The Kier molecular flexibility index (Phi) is 6.88. The molecule has 0 saturated carbocycles. The molecule has 2 saturated heterocycles. The molecule has 0 bridgehead atoms. The summed E-state index contributed by atoms with van der Waals surface area (Å²) in [7, 11) is 0. The van der Waals surface area contributed by atoms with Crippen LogP contribution in [0.1, 0.15) is 32.3 Å². The number of urea groups is 1. The molecule has 172 valence electrons. The molecule has 0 aliphatic carbocycles. The largest absolute Gasteiger partial charge is 0.354 e. The van der Waals surface area contributed by atoms with Gasteiger partial charge in [-0.1, -0.05) is 12.1 Å². The van der Waals surface area contributed by atoms with Crippen LogP contribution in [0.25, 0.3) is 5.69 Å². The molecule has 32 heavy (non-hydrogen) atoms. The summed E-state index contributed by atoms with van der Waals surface area (Å²) >= 11 is 0. The predicted molar refractivity (Wildman–Crippen MR) is 125 cm³/mol. The number of aromatic nitrogens is 2. The van der Waals surface area contributed by atoms with Crippen LogP contribution in [0.4, 0.5) is 10.6 Å². The number of anilines is 1.